The highest BCUT2D eigenvalue weighted by Gasteiger charge is 2.48. The van der Waals surface area contributed by atoms with Crippen LogP contribution in [0, 0.1) is 5.41 Å². The van der Waals surface area contributed by atoms with Crippen molar-refractivity contribution in [3.63, 3.8) is 0 Å². The van der Waals surface area contributed by atoms with Gasteiger partial charge in [-0.05, 0) is 57.6 Å². The Bertz CT molecular complexity index is 851. The predicted molar refractivity (Wildman–Crippen MR) is 110 cm³/mol. The number of esters is 1. The van der Waals surface area contributed by atoms with Gasteiger partial charge in [0, 0.05) is 19.6 Å². The lowest BCUT2D eigenvalue weighted by Gasteiger charge is -2.42. The fourth-order valence-electron chi connectivity index (χ4n) is 4.73. The smallest absolute Gasteiger partial charge is 0.411 e. The van der Waals surface area contributed by atoms with E-state index < -0.39 is 23.2 Å². The fraction of sp³-hybridized carbons (Fsp3) is 0.609. The topological polar surface area (TPSA) is 76.2 Å². The van der Waals surface area contributed by atoms with E-state index in [2.05, 4.69) is 0 Å². The lowest BCUT2D eigenvalue weighted by Crippen LogP contribution is -2.52. The predicted octanol–water partition coefficient (Wildman–Crippen LogP) is 3.08. The molecule has 7 nitrogen and oxygen atoms in total. The van der Waals surface area contributed by atoms with Gasteiger partial charge < -0.3 is 14.4 Å². The summed E-state index contributed by atoms with van der Waals surface area (Å²) in [7, 11) is 0. The van der Waals surface area contributed by atoms with Gasteiger partial charge in [0.1, 0.15) is 11.6 Å². The van der Waals surface area contributed by atoms with Crippen LogP contribution >= 0.6 is 0 Å². The Morgan fingerprint density at radius 2 is 1.80 bits per heavy atom. The highest BCUT2D eigenvalue weighted by molar-refractivity contribution is 5.88. The minimum atomic E-state index is -0.700. The Labute approximate surface area is 177 Å². The minimum absolute atomic E-state index is 0.103. The number of hydrogen-bond donors (Lipinski definition) is 0. The monoisotopic (exact) mass is 414 g/mol. The van der Waals surface area contributed by atoms with Gasteiger partial charge in [-0.2, -0.15) is 0 Å². The Kier molecular flexibility index (Phi) is 5.24. The van der Waals surface area contributed by atoms with E-state index in [1.54, 1.807) is 9.80 Å². The number of carbonyl (C=O) groups excluding carboxylic acids is 3. The molecule has 0 aliphatic carbocycles. The zero-order valence-corrected chi connectivity index (χ0v) is 18.0. The number of rotatable bonds is 1. The first-order chi connectivity index (χ1) is 14.2. The maximum absolute atomic E-state index is 13.6. The summed E-state index contributed by atoms with van der Waals surface area (Å²) >= 11 is 0. The van der Waals surface area contributed by atoms with Crippen molar-refractivity contribution in [1.82, 2.24) is 9.80 Å². The average Bonchev–Trinajstić information content (AvgIpc) is 3.05. The SMILES string of the molecule is CC(C)(C)OC(=O)N1CCc2ccccc2C1C(=O)N1CCC2(CCOC2=O)CC1. The van der Waals surface area contributed by atoms with Crippen molar-refractivity contribution in [2.24, 2.45) is 5.41 Å². The zero-order chi connectivity index (χ0) is 21.5. The van der Waals surface area contributed by atoms with Crippen molar-refractivity contribution < 1.29 is 23.9 Å². The van der Waals surface area contributed by atoms with Crippen LogP contribution in [0.3, 0.4) is 0 Å². The molecule has 1 atom stereocenters. The largest absolute Gasteiger partial charge is 0.465 e. The van der Waals surface area contributed by atoms with Gasteiger partial charge in [0.15, 0.2) is 0 Å². The van der Waals surface area contributed by atoms with Gasteiger partial charge in [0.2, 0.25) is 5.91 Å². The first kappa shape index (κ1) is 20.7. The third-order valence-corrected chi connectivity index (χ3v) is 6.42. The summed E-state index contributed by atoms with van der Waals surface area (Å²) in [5.74, 6) is -0.234. The van der Waals surface area contributed by atoms with Crippen molar-refractivity contribution in [3.05, 3.63) is 35.4 Å². The quantitative estimate of drug-likeness (QED) is 0.660. The molecule has 0 radical (unpaired) electrons. The average molecular weight is 415 g/mol. The summed E-state index contributed by atoms with van der Waals surface area (Å²) < 4.78 is 10.8. The van der Waals surface area contributed by atoms with Crippen molar-refractivity contribution in [2.75, 3.05) is 26.2 Å². The van der Waals surface area contributed by atoms with E-state index in [1.807, 2.05) is 45.0 Å². The number of likely N-dealkylation sites (tertiary alicyclic amines) is 1. The van der Waals surface area contributed by atoms with E-state index in [4.69, 9.17) is 9.47 Å². The summed E-state index contributed by atoms with van der Waals surface area (Å²) in [6.07, 6.45) is 2.16. The van der Waals surface area contributed by atoms with Gasteiger partial charge in [-0.15, -0.1) is 0 Å². The number of amides is 2. The lowest BCUT2D eigenvalue weighted by molar-refractivity contribution is -0.151. The Morgan fingerprint density at radius 1 is 1.10 bits per heavy atom. The van der Waals surface area contributed by atoms with Crippen molar-refractivity contribution >= 4 is 18.0 Å². The molecule has 2 saturated heterocycles. The molecule has 4 rings (SSSR count). The van der Waals surface area contributed by atoms with E-state index in [-0.39, 0.29) is 11.9 Å². The number of carbonyl (C=O) groups is 3. The van der Waals surface area contributed by atoms with Gasteiger partial charge >= 0.3 is 12.1 Å². The molecule has 3 aliphatic rings. The van der Waals surface area contributed by atoms with E-state index in [9.17, 15) is 14.4 Å². The van der Waals surface area contributed by atoms with Gasteiger partial charge in [-0.3, -0.25) is 14.5 Å². The van der Waals surface area contributed by atoms with E-state index in [0.29, 0.717) is 45.5 Å². The molecule has 7 heteroatoms. The molecular weight excluding hydrogens is 384 g/mol. The summed E-state index contributed by atoms with van der Waals surface area (Å²) in [5.41, 5.74) is 0.873. The van der Waals surface area contributed by atoms with Gasteiger partial charge in [0.25, 0.3) is 0 Å². The first-order valence-corrected chi connectivity index (χ1v) is 10.7. The number of piperidine rings is 1. The summed E-state index contributed by atoms with van der Waals surface area (Å²) in [5, 5.41) is 0. The molecule has 1 spiro atoms. The molecule has 3 aliphatic heterocycles. The molecule has 0 bridgehead atoms. The second-order valence-corrected chi connectivity index (χ2v) is 9.52. The molecule has 162 valence electrons. The zero-order valence-electron chi connectivity index (χ0n) is 18.0. The number of cyclic esters (lactones) is 1. The second-order valence-electron chi connectivity index (χ2n) is 9.52. The molecular formula is C23H30N2O5. The Morgan fingerprint density at radius 3 is 2.43 bits per heavy atom. The van der Waals surface area contributed by atoms with Crippen LogP contribution in [-0.2, 0) is 25.5 Å². The maximum atomic E-state index is 13.6. The van der Waals surface area contributed by atoms with Crippen LogP contribution in [0.15, 0.2) is 24.3 Å². The summed E-state index contributed by atoms with van der Waals surface area (Å²) in [6.45, 7) is 7.37. The number of fused-ring (bicyclic) bond motifs is 1. The molecule has 1 unspecified atom stereocenters. The maximum Gasteiger partial charge on any atom is 0.411 e. The third kappa shape index (κ3) is 3.77. The first-order valence-electron chi connectivity index (χ1n) is 10.7. The normalized spacial score (nSPS) is 23.2. The minimum Gasteiger partial charge on any atom is -0.465 e. The second kappa shape index (κ2) is 7.60. The molecule has 2 amide bonds. The number of hydrogen-bond acceptors (Lipinski definition) is 5. The van der Waals surface area contributed by atoms with Crippen molar-refractivity contribution in [1.29, 1.82) is 0 Å². The lowest BCUT2D eigenvalue weighted by atomic mass is 9.77. The summed E-state index contributed by atoms with van der Waals surface area (Å²) in [6, 6.07) is 7.10. The van der Waals surface area contributed by atoms with Crippen molar-refractivity contribution in [2.45, 2.75) is 58.1 Å². The summed E-state index contributed by atoms with van der Waals surface area (Å²) in [4.78, 5) is 42.1. The van der Waals surface area contributed by atoms with Crippen LogP contribution in [-0.4, -0.2) is 59.6 Å². The molecule has 30 heavy (non-hydrogen) atoms. The van der Waals surface area contributed by atoms with Gasteiger partial charge in [0.05, 0.1) is 12.0 Å². The van der Waals surface area contributed by atoms with E-state index in [1.165, 1.54) is 0 Å². The molecule has 1 aromatic rings. The number of nitrogens with zero attached hydrogens (tertiary/aromatic N) is 2. The standard InChI is InChI=1S/C23H30N2O5/c1-22(2,3)30-21(28)25-12-8-16-6-4-5-7-17(16)18(25)19(26)24-13-9-23(10-14-24)11-15-29-20(23)27/h4-7,18H,8-15H2,1-3H3. The Balaban J connectivity index is 1.57. The van der Waals surface area contributed by atoms with Crippen LogP contribution in [0.25, 0.3) is 0 Å². The molecule has 2 fully saturated rings. The fourth-order valence-corrected chi connectivity index (χ4v) is 4.73. The number of ether oxygens (including phenoxy) is 2. The van der Waals surface area contributed by atoms with E-state index >= 15 is 0 Å². The Hall–Kier alpha value is -2.57. The molecule has 1 aromatic carbocycles. The highest BCUT2D eigenvalue weighted by Crippen LogP contribution is 2.41. The van der Waals surface area contributed by atoms with Crippen LogP contribution in [0.4, 0.5) is 4.79 Å². The highest BCUT2D eigenvalue weighted by atomic mass is 16.6. The van der Waals surface area contributed by atoms with Crippen LogP contribution in [0.1, 0.15) is 57.2 Å². The molecule has 3 heterocycles. The number of benzene rings is 1. The van der Waals surface area contributed by atoms with Gasteiger partial charge in [-0.25, -0.2) is 4.79 Å². The van der Waals surface area contributed by atoms with Crippen LogP contribution < -0.4 is 0 Å². The molecule has 0 saturated carbocycles. The van der Waals surface area contributed by atoms with Gasteiger partial charge in [-0.1, -0.05) is 24.3 Å². The van der Waals surface area contributed by atoms with Crippen molar-refractivity contribution in [3.8, 4) is 0 Å². The van der Waals surface area contributed by atoms with E-state index in [0.717, 1.165) is 17.5 Å². The van der Waals surface area contributed by atoms with Crippen LogP contribution in [0.5, 0.6) is 0 Å². The molecule has 0 aromatic heterocycles. The molecule has 0 N–H and O–H groups in total. The third-order valence-electron chi connectivity index (χ3n) is 6.42. The van der Waals surface area contributed by atoms with Crippen LogP contribution in [0.2, 0.25) is 0 Å².